The molecule has 7 nitrogen and oxygen atoms in total. The summed E-state index contributed by atoms with van der Waals surface area (Å²) in [6.07, 6.45) is 0. The maximum atomic E-state index is 12.1. The SMILES string of the molecule is CC[NH+](CC(=O)NCC(=O)Nc1cccc(C)c1C)CC(=O)NC(C)C. The predicted octanol–water partition coefficient (Wildman–Crippen LogP) is -0.212. The predicted molar refractivity (Wildman–Crippen MR) is 102 cm³/mol. The van der Waals surface area contributed by atoms with E-state index in [1.54, 1.807) is 0 Å². The molecule has 0 bridgehead atoms. The average Bonchev–Trinajstić information content (AvgIpc) is 2.55. The van der Waals surface area contributed by atoms with E-state index in [0.29, 0.717) is 6.54 Å². The van der Waals surface area contributed by atoms with Crippen molar-refractivity contribution in [3.8, 4) is 0 Å². The van der Waals surface area contributed by atoms with Gasteiger partial charge < -0.3 is 20.9 Å². The minimum atomic E-state index is -0.275. The van der Waals surface area contributed by atoms with Crippen molar-refractivity contribution in [3.63, 3.8) is 0 Å². The number of rotatable bonds is 9. The lowest BCUT2D eigenvalue weighted by Gasteiger charge is -2.18. The number of likely N-dealkylation sites (N-methyl/N-ethyl adjacent to an activating group) is 1. The van der Waals surface area contributed by atoms with Crippen LogP contribution in [0.15, 0.2) is 18.2 Å². The Balaban J connectivity index is 2.43. The van der Waals surface area contributed by atoms with E-state index < -0.39 is 0 Å². The number of nitrogens with one attached hydrogen (secondary N) is 4. The molecule has 1 aromatic rings. The van der Waals surface area contributed by atoms with Gasteiger partial charge in [0.15, 0.2) is 13.1 Å². The van der Waals surface area contributed by atoms with Crippen molar-refractivity contribution in [1.82, 2.24) is 10.6 Å². The highest BCUT2D eigenvalue weighted by Crippen LogP contribution is 2.17. The third-order valence-electron chi connectivity index (χ3n) is 4.10. The van der Waals surface area contributed by atoms with E-state index in [9.17, 15) is 14.4 Å². The molecule has 1 unspecified atom stereocenters. The van der Waals surface area contributed by atoms with E-state index in [1.165, 1.54) is 0 Å². The first kappa shape index (κ1) is 21.6. The molecule has 1 atom stereocenters. The second-order valence-electron chi connectivity index (χ2n) is 6.75. The second-order valence-corrected chi connectivity index (χ2v) is 6.75. The first-order valence-electron chi connectivity index (χ1n) is 8.98. The van der Waals surface area contributed by atoms with E-state index in [1.807, 2.05) is 52.8 Å². The zero-order valence-electron chi connectivity index (χ0n) is 16.4. The maximum absolute atomic E-state index is 12.1. The van der Waals surface area contributed by atoms with Gasteiger partial charge in [-0.05, 0) is 51.8 Å². The van der Waals surface area contributed by atoms with Gasteiger partial charge in [0.05, 0.1) is 13.1 Å². The normalized spacial score (nSPS) is 11.8. The first-order chi connectivity index (χ1) is 12.2. The monoisotopic (exact) mass is 363 g/mol. The lowest BCUT2D eigenvalue weighted by atomic mass is 10.1. The summed E-state index contributed by atoms with van der Waals surface area (Å²) in [5.74, 6) is -0.615. The molecule has 1 aromatic carbocycles. The number of carbonyl (C=O) groups excluding carboxylic acids is 3. The number of benzene rings is 1. The molecule has 0 aliphatic rings. The lowest BCUT2D eigenvalue weighted by molar-refractivity contribution is -0.881. The fourth-order valence-electron chi connectivity index (χ4n) is 2.46. The Bertz CT molecular complexity index is 644. The molecule has 144 valence electrons. The highest BCUT2D eigenvalue weighted by atomic mass is 16.2. The van der Waals surface area contributed by atoms with Crippen LogP contribution in [0.25, 0.3) is 0 Å². The van der Waals surface area contributed by atoms with Crippen molar-refractivity contribution in [2.45, 2.75) is 40.7 Å². The van der Waals surface area contributed by atoms with E-state index in [0.717, 1.165) is 21.7 Å². The molecule has 0 saturated carbocycles. The quantitative estimate of drug-likeness (QED) is 0.489. The summed E-state index contributed by atoms with van der Waals surface area (Å²) in [5.41, 5.74) is 2.84. The molecule has 0 saturated heterocycles. The van der Waals surface area contributed by atoms with Crippen LogP contribution in [0.5, 0.6) is 0 Å². The van der Waals surface area contributed by atoms with E-state index in [4.69, 9.17) is 0 Å². The summed E-state index contributed by atoms with van der Waals surface area (Å²) >= 11 is 0. The molecule has 0 aliphatic heterocycles. The van der Waals surface area contributed by atoms with Crippen LogP contribution in [0, 0.1) is 13.8 Å². The van der Waals surface area contributed by atoms with Crippen molar-refractivity contribution in [2.75, 3.05) is 31.5 Å². The fourth-order valence-corrected chi connectivity index (χ4v) is 2.46. The number of hydrogen-bond donors (Lipinski definition) is 4. The van der Waals surface area contributed by atoms with Gasteiger partial charge in [-0.15, -0.1) is 0 Å². The van der Waals surface area contributed by atoms with Gasteiger partial charge >= 0.3 is 0 Å². The van der Waals surface area contributed by atoms with Crippen LogP contribution in [-0.2, 0) is 14.4 Å². The van der Waals surface area contributed by atoms with E-state index >= 15 is 0 Å². The molecule has 0 spiro atoms. The number of aryl methyl sites for hydroxylation is 1. The van der Waals surface area contributed by atoms with Gasteiger partial charge in [-0.1, -0.05) is 12.1 Å². The topological polar surface area (TPSA) is 91.7 Å². The third kappa shape index (κ3) is 7.65. The fraction of sp³-hybridized carbons (Fsp3) is 0.526. The van der Waals surface area contributed by atoms with Gasteiger partial charge in [0, 0.05) is 11.7 Å². The molecule has 0 fully saturated rings. The summed E-state index contributed by atoms with van der Waals surface area (Å²) in [7, 11) is 0. The number of anilines is 1. The number of hydrogen-bond acceptors (Lipinski definition) is 3. The summed E-state index contributed by atoms with van der Waals surface area (Å²) in [6.45, 7) is 10.6. The third-order valence-corrected chi connectivity index (χ3v) is 4.10. The number of amides is 3. The molecular formula is C19H31N4O3+. The minimum absolute atomic E-state index is 0.0724. The first-order valence-corrected chi connectivity index (χ1v) is 8.98. The Morgan fingerprint density at radius 1 is 1.04 bits per heavy atom. The van der Waals surface area contributed by atoms with Gasteiger partial charge in [0.2, 0.25) is 5.91 Å². The molecule has 0 heterocycles. The Kier molecular flexibility index (Phi) is 8.78. The molecule has 3 amide bonds. The van der Waals surface area contributed by atoms with Crippen molar-refractivity contribution >= 4 is 23.4 Å². The largest absolute Gasteiger partial charge is 0.349 e. The van der Waals surface area contributed by atoms with Crippen molar-refractivity contribution in [2.24, 2.45) is 0 Å². The zero-order chi connectivity index (χ0) is 19.7. The van der Waals surface area contributed by atoms with Gasteiger partial charge in [-0.2, -0.15) is 0 Å². The summed E-state index contributed by atoms with van der Waals surface area (Å²) < 4.78 is 0. The Labute approximate surface area is 155 Å². The van der Waals surface area contributed by atoms with Crippen molar-refractivity contribution in [3.05, 3.63) is 29.3 Å². The second kappa shape index (κ2) is 10.6. The molecule has 0 aromatic heterocycles. The molecule has 26 heavy (non-hydrogen) atoms. The van der Waals surface area contributed by atoms with Gasteiger partial charge in [-0.25, -0.2) is 0 Å². The summed E-state index contributed by atoms with van der Waals surface area (Å²) in [5, 5.41) is 8.23. The number of quaternary nitrogens is 1. The van der Waals surface area contributed by atoms with Crippen LogP contribution in [0.4, 0.5) is 5.69 Å². The molecule has 7 heteroatoms. The number of carbonyl (C=O) groups is 3. The molecule has 0 radical (unpaired) electrons. The summed E-state index contributed by atoms with van der Waals surface area (Å²) in [4.78, 5) is 36.7. The molecule has 1 rings (SSSR count). The minimum Gasteiger partial charge on any atom is -0.349 e. The zero-order valence-corrected chi connectivity index (χ0v) is 16.4. The maximum Gasteiger partial charge on any atom is 0.275 e. The Morgan fingerprint density at radius 2 is 1.69 bits per heavy atom. The van der Waals surface area contributed by atoms with E-state index in [-0.39, 0.29) is 43.4 Å². The van der Waals surface area contributed by atoms with Crippen molar-refractivity contribution < 1.29 is 19.3 Å². The summed E-state index contributed by atoms with van der Waals surface area (Å²) in [6, 6.07) is 5.76. The van der Waals surface area contributed by atoms with Crippen LogP contribution in [-0.4, -0.2) is 49.9 Å². The Hall–Kier alpha value is -2.41. The lowest BCUT2D eigenvalue weighted by Crippen LogP contribution is -3.14. The van der Waals surface area contributed by atoms with Crippen LogP contribution in [0.1, 0.15) is 31.9 Å². The van der Waals surface area contributed by atoms with Gasteiger partial charge in [0.1, 0.15) is 0 Å². The highest BCUT2D eigenvalue weighted by molar-refractivity contribution is 5.95. The van der Waals surface area contributed by atoms with Gasteiger partial charge in [0.25, 0.3) is 11.8 Å². The Morgan fingerprint density at radius 3 is 2.31 bits per heavy atom. The average molecular weight is 363 g/mol. The highest BCUT2D eigenvalue weighted by Gasteiger charge is 2.17. The van der Waals surface area contributed by atoms with Crippen LogP contribution in [0.2, 0.25) is 0 Å². The standard InChI is InChI=1S/C19H30N4O3/c1-6-23(12-19(26)21-13(2)3)11-18(25)20-10-17(24)22-16-9-7-8-14(4)15(16)5/h7-9,13H,6,10-12H2,1-5H3,(H,20,25)(H,21,26)(H,22,24)/p+1. The van der Waals surface area contributed by atoms with Crippen LogP contribution in [0.3, 0.4) is 0 Å². The molecular weight excluding hydrogens is 332 g/mol. The molecule has 4 N–H and O–H groups in total. The van der Waals surface area contributed by atoms with Crippen LogP contribution < -0.4 is 20.9 Å². The van der Waals surface area contributed by atoms with Crippen molar-refractivity contribution in [1.29, 1.82) is 0 Å². The van der Waals surface area contributed by atoms with E-state index in [2.05, 4.69) is 16.0 Å². The smallest absolute Gasteiger partial charge is 0.275 e. The molecule has 0 aliphatic carbocycles. The van der Waals surface area contributed by atoms with Crippen LogP contribution >= 0.6 is 0 Å². The van der Waals surface area contributed by atoms with Gasteiger partial charge in [-0.3, -0.25) is 14.4 Å².